The van der Waals surface area contributed by atoms with Gasteiger partial charge in [0, 0.05) is 6.20 Å². The summed E-state index contributed by atoms with van der Waals surface area (Å²) in [6.45, 7) is 1.97. The van der Waals surface area contributed by atoms with Crippen LogP contribution in [0.2, 0.25) is 0 Å². The maximum atomic E-state index is 10.4. The van der Waals surface area contributed by atoms with E-state index in [1.807, 2.05) is 13.0 Å². The van der Waals surface area contributed by atoms with E-state index in [1.54, 1.807) is 12.3 Å². The molecule has 0 aliphatic heterocycles. The van der Waals surface area contributed by atoms with Crippen molar-refractivity contribution < 1.29 is 4.79 Å². The maximum Gasteiger partial charge on any atom is 0.166 e. The van der Waals surface area contributed by atoms with Crippen LogP contribution >= 0.6 is 0 Å². The molecule has 0 spiro atoms. The fourth-order valence-electron chi connectivity index (χ4n) is 1.20. The summed E-state index contributed by atoms with van der Waals surface area (Å²) in [7, 11) is 0. The third-order valence-electron chi connectivity index (χ3n) is 1.75. The van der Waals surface area contributed by atoms with Crippen molar-refractivity contribution in [1.29, 1.82) is 0 Å². The van der Waals surface area contributed by atoms with Gasteiger partial charge in [0.25, 0.3) is 0 Å². The first-order valence-electron chi connectivity index (χ1n) is 3.70. The largest absolute Gasteiger partial charge is 0.351 e. The summed E-state index contributed by atoms with van der Waals surface area (Å²) in [5, 5.41) is 0. The second-order valence-corrected chi connectivity index (χ2v) is 2.79. The molecule has 2 heterocycles. The van der Waals surface area contributed by atoms with Crippen LogP contribution in [0.5, 0.6) is 0 Å². The number of aromatic nitrogens is 2. The quantitative estimate of drug-likeness (QED) is 0.645. The zero-order chi connectivity index (χ0) is 8.55. The fraction of sp³-hybridized carbons (Fsp3) is 0.111. The first-order valence-corrected chi connectivity index (χ1v) is 3.70. The second-order valence-electron chi connectivity index (χ2n) is 2.79. The van der Waals surface area contributed by atoms with Gasteiger partial charge in [0.05, 0.1) is 16.7 Å². The van der Waals surface area contributed by atoms with E-state index in [2.05, 4.69) is 9.97 Å². The predicted octanol–water partition coefficient (Wildman–Crippen LogP) is 1.68. The monoisotopic (exact) mass is 160 g/mol. The van der Waals surface area contributed by atoms with E-state index < -0.39 is 0 Å². The molecule has 1 N–H and O–H groups in total. The fourth-order valence-corrected chi connectivity index (χ4v) is 1.20. The van der Waals surface area contributed by atoms with Crippen LogP contribution in [-0.4, -0.2) is 16.3 Å². The Balaban J connectivity index is 2.75. The number of carbonyl (C=O) groups is 1. The van der Waals surface area contributed by atoms with Gasteiger partial charge in [-0.05, 0) is 24.6 Å². The van der Waals surface area contributed by atoms with Crippen molar-refractivity contribution in [2.75, 3.05) is 0 Å². The summed E-state index contributed by atoms with van der Waals surface area (Å²) in [6.07, 6.45) is 2.57. The zero-order valence-corrected chi connectivity index (χ0v) is 6.66. The van der Waals surface area contributed by atoms with Gasteiger partial charge >= 0.3 is 0 Å². The summed E-state index contributed by atoms with van der Waals surface area (Å²) in [6, 6.07) is 3.71. The van der Waals surface area contributed by atoms with Crippen LogP contribution in [0.1, 0.15) is 16.1 Å². The summed E-state index contributed by atoms with van der Waals surface area (Å²) in [5.41, 5.74) is 3.41. The third kappa shape index (κ3) is 0.993. The highest BCUT2D eigenvalue weighted by Gasteiger charge is 1.99. The summed E-state index contributed by atoms with van der Waals surface area (Å²) < 4.78 is 0. The molecule has 0 unspecified atom stereocenters. The van der Waals surface area contributed by atoms with Crippen LogP contribution in [0.15, 0.2) is 18.3 Å². The number of hydrogen-bond donors (Lipinski definition) is 1. The van der Waals surface area contributed by atoms with Gasteiger partial charge in [-0.25, -0.2) is 0 Å². The molecule has 2 aromatic heterocycles. The lowest BCUT2D eigenvalue weighted by Gasteiger charge is -1.89. The number of carbonyl (C=O) groups excluding carboxylic acids is 1. The molecule has 0 bridgehead atoms. The average Bonchev–Trinajstić information content (AvgIpc) is 2.46. The standard InChI is InChI=1S/C9H8N2O/c1-6-2-9-8(10-4-6)3-7(5-12)11-9/h2-5,11H,1H3. The van der Waals surface area contributed by atoms with E-state index in [4.69, 9.17) is 0 Å². The minimum absolute atomic E-state index is 0.572. The number of aromatic amines is 1. The Labute approximate surface area is 69.4 Å². The van der Waals surface area contributed by atoms with Gasteiger partial charge in [-0.3, -0.25) is 9.78 Å². The minimum atomic E-state index is 0.572. The van der Waals surface area contributed by atoms with E-state index in [0.29, 0.717) is 5.69 Å². The molecule has 12 heavy (non-hydrogen) atoms. The lowest BCUT2D eigenvalue weighted by atomic mass is 10.3. The van der Waals surface area contributed by atoms with Crippen molar-refractivity contribution in [3.8, 4) is 0 Å². The summed E-state index contributed by atoms with van der Waals surface area (Å²) in [4.78, 5) is 17.5. The molecule has 2 aromatic rings. The Kier molecular flexibility index (Phi) is 1.43. The third-order valence-corrected chi connectivity index (χ3v) is 1.75. The van der Waals surface area contributed by atoms with Crippen molar-refractivity contribution in [2.45, 2.75) is 6.92 Å². The van der Waals surface area contributed by atoms with Gasteiger partial charge < -0.3 is 4.98 Å². The van der Waals surface area contributed by atoms with Crippen molar-refractivity contribution in [3.63, 3.8) is 0 Å². The number of nitrogens with zero attached hydrogens (tertiary/aromatic N) is 1. The molecule has 0 amide bonds. The highest BCUT2D eigenvalue weighted by atomic mass is 16.1. The first-order chi connectivity index (χ1) is 5.79. The lowest BCUT2D eigenvalue weighted by molar-refractivity contribution is 0.112. The Morgan fingerprint density at radius 1 is 1.50 bits per heavy atom. The van der Waals surface area contributed by atoms with E-state index in [0.717, 1.165) is 22.9 Å². The number of fused-ring (bicyclic) bond motifs is 1. The summed E-state index contributed by atoms with van der Waals surface area (Å²) >= 11 is 0. The van der Waals surface area contributed by atoms with E-state index in [1.165, 1.54) is 0 Å². The number of nitrogens with one attached hydrogen (secondary N) is 1. The number of H-pyrrole nitrogens is 1. The first kappa shape index (κ1) is 7.03. The van der Waals surface area contributed by atoms with Crippen molar-refractivity contribution >= 4 is 17.3 Å². The zero-order valence-electron chi connectivity index (χ0n) is 6.66. The molecular formula is C9H8N2O. The molecule has 0 aliphatic rings. The maximum absolute atomic E-state index is 10.4. The number of pyridine rings is 1. The molecule has 2 rings (SSSR count). The normalized spacial score (nSPS) is 10.4. The molecular weight excluding hydrogens is 152 g/mol. The lowest BCUT2D eigenvalue weighted by Crippen LogP contribution is -1.77. The second kappa shape index (κ2) is 2.44. The Morgan fingerprint density at radius 3 is 3.08 bits per heavy atom. The molecule has 60 valence electrons. The van der Waals surface area contributed by atoms with Crippen LogP contribution < -0.4 is 0 Å². The number of hydrogen-bond acceptors (Lipinski definition) is 2. The van der Waals surface area contributed by atoms with Crippen LogP contribution in [0.25, 0.3) is 11.0 Å². The Bertz CT molecular complexity index is 431. The van der Waals surface area contributed by atoms with Crippen LogP contribution in [0, 0.1) is 6.92 Å². The molecule has 0 atom stereocenters. The van der Waals surface area contributed by atoms with E-state index in [-0.39, 0.29) is 0 Å². The van der Waals surface area contributed by atoms with E-state index in [9.17, 15) is 4.79 Å². The molecule has 0 saturated heterocycles. The van der Waals surface area contributed by atoms with Crippen LogP contribution in [0.4, 0.5) is 0 Å². The van der Waals surface area contributed by atoms with Crippen molar-refractivity contribution in [3.05, 3.63) is 29.6 Å². The van der Waals surface area contributed by atoms with E-state index >= 15 is 0 Å². The molecule has 3 nitrogen and oxygen atoms in total. The molecule has 3 heteroatoms. The van der Waals surface area contributed by atoms with Crippen LogP contribution in [0.3, 0.4) is 0 Å². The number of aldehydes is 1. The van der Waals surface area contributed by atoms with Crippen molar-refractivity contribution in [1.82, 2.24) is 9.97 Å². The van der Waals surface area contributed by atoms with Gasteiger partial charge in [-0.15, -0.1) is 0 Å². The Morgan fingerprint density at radius 2 is 2.33 bits per heavy atom. The van der Waals surface area contributed by atoms with Gasteiger partial charge in [0.2, 0.25) is 0 Å². The molecule has 0 fully saturated rings. The smallest absolute Gasteiger partial charge is 0.166 e. The van der Waals surface area contributed by atoms with Gasteiger partial charge in [-0.1, -0.05) is 0 Å². The average molecular weight is 160 g/mol. The highest BCUT2D eigenvalue weighted by molar-refractivity contribution is 5.85. The Hall–Kier alpha value is -1.64. The molecule has 0 saturated carbocycles. The topological polar surface area (TPSA) is 45.8 Å². The van der Waals surface area contributed by atoms with Crippen molar-refractivity contribution in [2.24, 2.45) is 0 Å². The molecule has 0 aromatic carbocycles. The predicted molar refractivity (Wildman–Crippen MR) is 46.2 cm³/mol. The SMILES string of the molecule is Cc1cnc2cc(C=O)[nH]c2c1. The number of aryl methyl sites for hydroxylation is 1. The highest BCUT2D eigenvalue weighted by Crippen LogP contribution is 2.12. The van der Waals surface area contributed by atoms with Gasteiger partial charge in [-0.2, -0.15) is 0 Å². The molecule has 0 aliphatic carbocycles. The van der Waals surface area contributed by atoms with Crippen LogP contribution in [-0.2, 0) is 0 Å². The van der Waals surface area contributed by atoms with Gasteiger partial charge in [0.15, 0.2) is 6.29 Å². The minimum Gasteiger partial charge on any atom is -0.351 e. The molecule has 0 radical (unpaired) electrons. The van der Waals surface area contributed by atoms with Gasteiger partial charge in [0.1, 0.15) is 0 Å². The number of rotatable bonds is 1. The summed E-state index contributed by atoms with van der Waals surface area (Å²) in [5.74, 6) is 0.